The van der Waals surface area contributed by atoms with Crippen molar-refractivity contribution in [1.82, 2.24) is 4.90 Å². The van der Waals surface area contributed by atoms with Gasteiger partial charge in [0.1, 0.15) is 5.76 Å². The van der Waals surface area contributed by atoms with E-state index in [-0.39, 0.29) is 0 Å². The fourth-order valence-electron chi connectivity index (χ4n) is 2.56. The Hall–Kier alpha value is -0.800. The van der Waals surface area contributed by atoms with E-state index < -0.39 is 0 Å². The molecule has 0 atom stereocenters. The lowest BCUT2D eigenvalue weighted by Gasteiger charge is -2.27. The minimum absolute atomic E-state index is 0.747. The first kappa shape index (κ1) is 11.7. The van der Waals surface area contributed by atoms with E-state index in [1.807, 2.05) is 6.07 Å². The summed E-state index contributed by atoms with van der Waals surface area (Å²) in [7, 11) is 0. The zero-order chi connectivity index (χ0) is 11.2. The van der Waals surface area contributed by atoms with Crippen molar-refractivity contribution in [2.24, 2.45) is 5.73 Å². The maximum atomic E-state index is 5.60. The van der Waals surface area contributed by atoms with Crippen LogP contribution >= 0.6 is 0 Å². The number of rotatable bonds is 6. The molecule has 1 heterocycles. The Kier molecular flexibility index (Phi) is 4.43. The van der Waals surface area contributed by atoms with E-state index in [9.17, 15) is 0 Å². The molecule has 1 aliphatic rings. The van der Waals surface area contributed by atoms with Crippen LogP contribution in [0.2, 0.25) is 0 Å². The van der Waals surface area contributed by atoms with Crippen LogP contribution in [0.15, 0.2) is 22.8 Å². The number of furan rings is 1. The Bertz CT molecular complexity index is 278. The van der Waals surface area contributed by atoms with Gasteiger partial charge in [-0.3, -0.25) is 4.90 Å². The fourth-order valence-corrected chi connectivity index (χ4v) is 2.56. The van der Waals surface area contributed by atoms with Crippen LogP contribution in [0.3, 0.4) is 0 Å². The maximum absolute atomic E-state index is 5.60. The molecule has 0 radical (unpaired) electrons. The highest BCUT2D eigenvalue weighted by Gasteiger charge is 2.22. The molecule has 0 amide bonds. The van der Waals surface area contributed by atoms with Crippen molar-refractivity contribution < 1.29 is 4.42 Å². The van der Waals surface area contributed by atoms with Gasteiger partial charge >= 0.3 is 0 Å². The van der Waals surface area contributed by atoms with Gasteiger partial charge in [0.2, 0.25) is 0 Å². The van der Waals surface area contributed by atoms with Gasteiger partial charge in [-0.2, -0.15) is 0 Å². The van der Waals surface area contributed by atoms with Gasteiger partial charge in [-0.1, -0.05) is 12.8 Å². The maximum Gasteiger partial charge on any atom is 0.117 e. The van der Waals surface area contributed by atoms with Crippen molar-refractivity contribution in [3.63, 3.8) is 0 Å². The van der Waals surface area contributed by atoms with E-state index in [0.29, 0.717) is 0 Å². The predicted octanol–water partition coefficient (Wildman–Crippen LogP) is 2.37. The minimum Gasteiger partial charge on any atom is -0.468 e. The van der Waals surface area contributed by atoms with Crippen molar-refractivity contribution in [3.8, 4) is 0 Å². The van der Waals surface area contributed by atoms with Gasteiger partial charge in [0, 0.05) is 12.6 Å². The molecule has 0 spiro atoms. The highest BCUT2D eigenvalue weighted by molar-refractivity contribution is 4.98. The Balaban J connectivity index is 1.90. The molecule has 0 aliphatic heterocycles. The lowest BCUT2D eigenvalue weighted by atomic mass is 10.2. The fraction of sp³-hybridized carbons (Fsp3) is 0.692. The Labute approximate surface area is 97.6 Å². The van der Waals surface area contributed by atoms with Crippen LogP contribution in [0.4, 0.5) is 0 Å². The standard InChI is InChI=1S/C13H22N2O/c14-8-4-9-15(12-5-1-2-6-12)11-13-7-3-10-16-13/h3,7,10,12H,1-2,4-6,8-9,11,14H2. The largest absolute Gasteiger partial charge is 0.468 e. The van der Waals surface area contributed by atoms with Crippen molar-refractivity contribution in [1.29, 1.82) is 0 Å². The third-order valence-corrected chi connectivity index (χ3v) is 3.43. The van der Waals surface area contributed by atoms with Crippen molar-refractivity contribution >= 4 is 0 Å². The zero-order valence-electron chi connectivity index (χ0n) is 9.90. The van der Waals surface area contributed by atoms with Crippen molar-refractivity contribution in [3.05, 3.63) is 24.2 Å². The molecule has 3 heteroatoms. The third-order valence-electron chi connectivity index (χ3n) is 3.43. The van der Waals surface area contributed by atoms with Crippen LogP contribution in [0.5, 0.6) is 0 Å². The summed E-state index contributed by atoms with van der Waals surface area (Å²) in [4.78, 5) is 2.54. The second kappa shape index (κ2) is 6.06. The summed E-state index contributed by atoms with van der Waals surface area (Å²) in [6, 6.07) is 4.77. The van der Waals surface area contributed by atoms with Crippen molar-refractivity contribution in [2.75, 3.05) is 13.1 Å². The first-order valence-electron chi connectivity index (χ1n) is 6.36. The summed E-state index contributed by atoms with van der Waals surface area (Å²) in [6.45, 7) is 2.82. The van der Waals surface area contributed by atoms with E-state index in [4.69, 9.17) is 10.2 Å². The molecule has 16 heavy (non-hydrogen) atoms. The van der Waals surface area contributed by atoms with Gasteiger partial charge in [-0.05, 0) is 37.9 Å². The van der Waals surface area contributed by atoms with Gasteiger partial charge in [-0.15, -0.1) is 0 Å². The molecule has 0 unspecified atom stereocenters. The van der Waals surface area contributed by atoms with Gasteiger partial charge in [0.15, 0.2) is 0 Å². The van der Waals surface area contributed by atoms with Crippen molar-refractivity contribution in [2.45, 2.75) is 44.7 Å². The summed E-state index contributed by atoms with van der Waals surface area (Å²) < 4.78 is 5.43. The molecule has 2 rings (SSSR count). The first-order valence-corrected chi connectivity index (χ1v) is 6.36. The Morgan fingerprint density at radius 1 is 1.38 bits per heavy atom. The highest BCUT2D eigenvalue weighted by Crippen LogP contribution is 2.25. The van der Waals surface area contributed by atoms with Crippen LogP contribution < -0.4 is 5.73 Å². The summed E-state index contributed by atoms with van der Waals surface area (Å²) in [5, 5.41) is 0. The van der Waals surface area contributed by atoms with E-state index in [1.165, 1.54) is 25.7 Å². The lowest BCUT2D eigenvalue weighted by Crippen LogP contribution is -2.34. The molecule has 1 aromatic heterocycles. The molecule has 90 valence electrons. The molecule has 0 saturated heterocycles. The zero-order valence-corrected chi connectivity index (χ0v) is 9.90. The van der Waals surface area contributed by atoms with E-state index in [0.717, 1.165) is 37.9 Å². The van der Waals surface area contributed by atoms with E-state index in [2.05, 4.69) is 11.0 Å². The van der Waals surface area contributed by atoms with Crippen LogP contribution in [0.25, 0.3) is 0 Å². The molecule has 1 fully saturated rings. The molecular weight excluding hydrogens is 200 g/mol. The topological polar surface area (TPSA) is 42.4 Å². The SMILES string of the molecule is NCCCN(Cc1ccco1)C1CCCC1. The summed E-state index contributed by atoms with van der Waals surface area (Å²) >= 11 is 0. The monoisotopic (exact) mass is 222 g/mol. The van der Waals surface area contributed by atoms with Gasteiger partial charge in [-0.25, -0.2) is 0 Å². The van der Waals surface area contributed by atoms with E-state index >= 15 is 0 Å². The number of nitrogens with zero attached hydrogens (tertiary/aromatic N) is 1. The summed E-state index contributed by atoms with van der Waals surface area (Å²) in [5.41, 5.74) is 5.60. The quantitative estimate of drug-likeness (QED) is 0.803. The second-order valence-corrected chi connectivity index (χ2v) is 4.63. The minimum atomic E-state index is 0.747. The van der Waals surface area contributed by atoms with Crippen LogP contribution in [0, 0.1) is 0 Å². The summed E-state index contributed by atoms with van der Waals surface area (Å²) in [5.74, 6) is 1.07. The van der Waals surface area contributed by atoms with Crippen LogP contribution in [-0.4, -0.2) is 24.0 Å². The smallest absolute Gasteiger partial charge is 0.117 e. The third kappa shape index (κ3) is 3.09. The highest BCUT2D eigenvalue weighted by atomic mass is 16.3. The molecule has 2 N–H and O–H groups in total. The molecular formula is C13H22N2O. The first-order chi connectivity index (χ1) is 7.90. The predicted molar refractivity (Wildman–Crippen MR) is 65.0 cm³/mol. The van der Waals surface area contributed by atoms with E-state index in [1.54, 1.807) is 6.26 Å². The lowest BCUT2D eigenvalue weighted by molar-refractivity contribution is 0.174. The van der Waals surface area contributed by atoms with Gasteiger partial charge < -0.3 is 10.2 Å². The second-order valence-electron chi connectivity index (χ2n) is 4.63. The molecule has 1 aliphatic carbocycles. The molecule has 0 aromatic carbocycles. The normalized spacial score (nSPS) is 17.4. The van der Waals surface area contributed by atoms with Crippen LogP contribution in [-0.2, 0) is 6.54 Å². The van der Waals surface area contributed by atoms with Gasteiger partial charge in [0.05, 0.1) is 12.8 Å². The Morgan fingerprint density at radius 3 is 2.81 bits per heavy atom. The Morgan fingerprint density at radius 2 is 2.19 bits per heavy atom. The summed E-state index contributed by atoms with van der Waals surface area (Å²) in [6.07, 6.45) is 8.27. The average molecular weight is 222 g/mol. The average Bonchev–Trinajstić information content (AvgIpc) is 2.96. The molecule has 0 bridgehead atoms. The van der Waals surface area contributed by atoms with Crippen LogP contribution in [0.1, 0.15) is 37.9 Å². The van der Waals surface area contributed by atoms with Gasteiger partial charge in [0.25, 0.3) is 0 Å². The number of hydrogen-bond donors (Lipinski definition) is 1. The molecule has 3 nitrogen and oxygen atoms in total. The molecule has 1 saturated carbocycles. The number of nitrogens with two attached hydrogens (primary N) is 1. The molecule has 1 aromatic rings. The number of hydrogen-bond acceptors (Lipinski definition) is 3.